The molecule has 0 heterocycles. The van der Waals surface area contributed by atoms with E-state index >= 15 is 0 Å². The fourth-order valence-corrected chi connectivity index (χ4v) is 3.18. The van der Waals surface area contributed by atoms with E-state index in [0.29, 0.717) is 21.4 Å². The SMILES string of the molecule is C=CC[N+](C)(CCNc1ccc(N)c(Cl)c1)CCNc1ccc(N)c(Cl)c1.[CH3-]. The number of nitrogen functional groups attached to an aromatic ring is 2. The van der Waals surface area contributed by atoms with E-state index in [0.717, 1.165) is 48.6 Å². The van der Waals surface area contributed by atoms with Gasteiger partial charge in [0.1, 0.15) is 0 Å². The first-order valence-electron chi connectivity index (χ1n) is 8.85. The zero-order chi connectivity index (χ0) is 19.9. The van der Waals surface area contributed by atoms with E-state index in [9.17, 15) is 0 Å². The number of quaternary nitrogens is 1. The minimum atomic E-state index is 0. The Balaban J connectivity index is 0.00000392. The number of rotatable bonds is 10. The fourth-order valence-electron chi connectivity index (χ4n) is 2.82. The molecule has 5 nitrogen and oxygen atoms in total. The topological polar surface area (TPSA) is 76.1 Å². The normalized spacial score (nSPS) is 10.8. The average molecular weight is 424 g/mol. The Morgan fingerprint density at radius 3 is 1.71 bits per heavy atom. The molecule has 0 unspecified atom stereocenters. The van der Waals surface area contributed by atoms with Gasteiger partial charge in [0, 0.05) is 11.4 Å². The van der Waals surface area contributed by atoms with Gasteiger partial charge in [-0.15, -0.1) is 0 Å². The van der Waals surface area contributed by atoms with Gasteiger partial charge >= 0.3 is 0 Å². The number of anilines is 4. The van der Waals surface area contributed by atoms with Crippen LogP contribution in [0.25, 0.3) is 0 Å². The summed E-state index contributed by atoms with van der Waals surface area (Å²) in [7, 11) is 2.22. The van der Waals surface area contributed by atoms with Crippen molar-refractivity contribution < 1.29 is 4.48 Å². The van der Waals surface area contributed by atoms with E-state index in [2.05, 4.69) is 24.3 Å². The summed E-state index contributed by atoms with van der Waals surface area (Å²) in [6, 6.07) is 11.2. The highest BCUT2D eigenvalue weighted by atomic mass is 35.5. The molecule has 0 aliphatic heterocycles. The van der Waals surface area contributed by atoms with Gasteiger partial charge in [0.2, 0.25) is 0 Å². The van der Waals surface area contributed by atoms with Crippen molar-refractivity contribution in [2.75, 3.05) is 61.9 Å². The van der Waals surface area contributed by atoms with Crippen LogP contribution >= 0.6 is 23.2 Å². The van der Waals surface area contributed by atoms with Crippen molar-refractivity contribution in [2.24, 2.45) is 0 Å². The largest absolute Gasteiger partial charge is 0.398 e. The highest BCUT2D eigenvalue weighted by Gasteiger charge is 2.19. The van der Waals surface area contributed by atoms with E-state index in [1.807, 2.05) is 42.5 Å². The van der Waals surface area contributed by atoms with Crippen molar-refractivity contribution in [1.82, 2.24) is 0 Å². The Bertz CT molecular complexity index is 722. The molecule has 0 aliphatic rings. The minimum Gasteiger partial charge on any atom is -0.398 e. The molecule has 2 aromatic rings. The maximum Gasteiger partial charge on any atom is 0.0970 e. The first kappa shape index (κ1) is 24.0. The van der Waals surface area contributed by atoms with E-state index in [-0.39, 0.29) is 7.43 Å². The fraction of sp³-hybridized carbons (Fsp3) is 0.286. The van der Waals surface area contributed by atoms with Gasteiger partial charge in [-0.05, 0) is 42.5 Å². The second kappa shape index (κ2) is 11.1. The summed E-state index contributed by atoms with van der Waals surface area (Å²) in [5, 5.41) is 7.94. The monoisotopic (exact) mass is 423 g/mol. The number of likely N-dealkylation sites (N-methyl/N-ethyl adjacent to an activating group) is 1. The lowest BCUT2D eigenvalue weighted by molar-refractivity contribution is -0.900. The minimum absolute atomic E-state index is 0. The predicted molar refractivity (Wildman–Crippen MR) is 126 cm³/mol. The van der Waals surface area contributed by atoms with Crippen LogP contribution in [0.5, 0.6) is 0 Å². The van der Waals surface area contributed by atoms with Crippen LogP contribution in [-0.4, -0.2) is 44.3 Å². The molecule has 6 N–H and O–H groups in total. The molecule has 0 aliphatic carbocycles. The number of nitrogens with one attached hydrogen (secondary N) is 2. The van der Waals surface area contributed by atoms with E-state index < -0.39 is 0 Å². The third-order valence-electron chi connectivity index (χ3n) is 4.53. The molecular formula is C21H31Cl2N5. The van der Waals surface area contributed by atoms with Crippen molar-refractivity contribution in [1.29, 1.82) is 0 Å². The van der Waals surface area contributed by atoms with Crippen molar-refractivity contribution in [3.8, 4) is 0 Å². The summed E-state index contributed by atoms with van der Waals surface area (Å²) < 4.78 is 0.856. The second-order valence-corrected chi connectivity index (χ2v) is 7.68. The number of hydrogen-bond acceptors (Lipinski definition) is 4. The van der Waals surface area contributed by atoms with Crippen LogP contribution in [-0.2, 0) is 0 Å². The lowest BCUT2D eigenvalue weighted by Crippen LogP contribution is -2.49. The third-order valence-corrected chi connectivity index (χ3v) is 5.19. The van der Waals surface area contributed by atoms with Gasteiger partial charge < -0.3 is 34.0 Å². The summed E-state index contributed by atoms with van der Waals surface area (Å²) in [6.45, 7) is 8.31. The average Bonchev–Trinajstić information content (AvgIpc) is 2.61. The number of nitrogens with zero attached hydrogens (tertiary/aromatic N) is 1. The maximum absolute atomic E-state index is 6.07. The second-order valence-electron chi connectivity index (χ2n) is 6.86. The molecule has 7 heteroatoms. The Kier molecular flexibility index (Phi) is 9.46. The summed E-state index contributed by atoms with van der Waals surface area (Å²) >= 11 is 12.1. The number of halogens is 2. The zero-order valence-corrected chi connectivity index (χ0v) is 18.2. The van der Waals surface area contributed by atoms with Gasteiger partial charge in [-0.25, -0.2) is 0 Å². The molecule has 0 bridgehead atoms. The highest BCUT2D eigenvalue weighted by Crippen LogP contribution is 2.23. The van der Waals surface area contributed by atoms with E-state index in [1.54, 1.807) is 0 Å². The maximum atomic E-state index is 6.07. The molecule has 0 saturated heterocycles. The van der Waals surface area contributed by atoms with Crippen LogP contribution < -0.4 is 22.1 Å². The Labute approximate surface area is 178 Å². The van der Waals surface area contributed by atoms with Gasteiger partial charge in [-0.3, -0.25) is 0 Å². The summed E-state index contributed by atoms with van der Waals surface area (Å²) in [5.41, 5.74) is 14.6. The Hall–Kier alpha value is -2.08. The zero-order valence-electron chi connectivity index (χ0n) is 16.6. The van der Waals surface area contributed by atoms with Crippen LogP contribution in [0.4, 0.5) is 22.7 Å². The number of benzene rings is 2. The van der Waals surface area contributed by atoms with Gasteiger partial charge in [0.25, 0.3) is 0 Å². The predicted octanol–water partition coefficient (Wildman–Crippen LogP) is 4.76. The molecule has 0 radical (unpaired) electrons. The Morgan fingerprint density at radius 2 is 1.36 bits per heavy atom. The molecule has 0 atom stereocenters. The lowest BCUT2D eigenvalue weighted by atomic mass is 10.2. The number of hydrogen-bond donors (Lipinski definition) is 4. The van der Waals surface area contributed by atoms with Crippen LogP contribution in [0.15, 0.2) is 49.1 Å². The molecule has 2 rings (SSSR count). The standard InChI is InChI=1S/C20H28Cl2N5.CH3/c1-3-10-27(2,11-8-25-15-4-6-19(23)17(21)13-15)12-9-26-16-5-7-20(24)18(22)14-16;/h3-7,13-14,25-26H,1,8-12,23-24H2,2H3;1H3/q+1;-1. The quantitative estimate of drug-likeness (QED) is 0.192. The molecular weight excluding hydrogens is 393 g/mol. The molecule has 0 amide bonds. The molecule has 0 fully saturated rings. The van der Waals surface area contributed by atoms with Crippen molar-refractivity contribution >= 4 is 46.0 Å². The smallest absolute Gasteiger partial charge is 0.0970 e. The molecule has 2 aromatic carbocycles. The van der Waals surface area contributed by atoms with E-state index in [1.165, 1.54) is 0 Å². The van der Waals surface area contributed by atoms with E-state index in [4.69, 9.17) is 34.7 Å². The van der Waals surface area contributed by atoms with Crippen molar-refractivity contribution in [3.63, 3.8) is 0 Å². The van der Waals surface area contributed by atoms with Crippen LogP contribution in [0.3, 0.4) is 0 Å². The van der Waals surface area contributed by atoms with Crippen molar-refractivity contribution in [3.05, 3.63) is 66.5 Å². The first-order chi connectivity index (χ1) is 12.8. The molecule has 28 heavy (non-hydrogen) atoms. The molecule has 0 saturated carbocycles. The highest BCUT2D eigenvalue weighted by molar-refractivity contribution is 6.33. The van der Waals surface area contributed by atoms with Crippen LogP contribution in [0.2, 0.25) is 10.0 Å². The van der Waals surface area contributed by atoms with Gasteiger partial charge in [-0.2, -0.15) is 0 Å². The number of nitrogens with two attached hydrogens (primary N) is 2. The molecule has 0 aromatic heterocycles. The summed E-state index contributed by atoms with van der Waals surface area (Å²) in [4.78, 5) is 0. The molecule has 0 spiro atoms. The molecule has 154 valence electrons. The van der Waals surface area contributed by atoms with Gasteiger partial charge in [-0.1, -0.05) is 29.8 Å². The third kappa shape index (κ3) is 7.15. The lowest BCUT2D eigenvalue weighted by Gasteiger charge is -2.34. The first-order valence-corrected chi connectivity index (χ1v) is 9.61. The summed E-state index contributed by atoms with van der Waals surface area (Å²) in [5.74, 6) is 0. The van der Waals surface area contributed by atoms with Crippen LogP contribution in [0.1, 0.15) is 0 Å². The van der Waals surface area contributed by atoms with Gasteiger partial charge in [0.15, 0.2) is 0 Å². The van der Waals surface area contributed by atoms with Crippen LogP contribution in [0, 0.1) is 7.43 Å². The van der Waals surface area contributed by atoms with Crippen molar-refractivity contribution in [2.45, 2.75) is 0 Å². The summed E-state index contributed by atoms with van der Waals surface area (Å²) in [6.07, 6.45) is 1.96. The Morgan fingerprint density at radius 1 is 0.929 bits per heavy atom. The van der Waals surface area contributed by atoms with Gasteiger partial charge in [0.05, 0.1) is 61.2 Å².